The van der Waals surface area contributed by atoms with Gasteiger partial charge in [-0.2, -0.15) is 4.31 Å². The van der Waals surface area contributed by atoms with Crippen molar-refractivity contribution in [3.63, 3.8) is 0 Å². The quantitative estimate of drug-likeness (QED) is 0.559. The highest BCUT2D eigenvalue weighted by Crippen LogP contribution is 2.29. The maximum atomic E-state index is 13.5. The standard InChI is InChI=1S/C23H23F2N3O3S2/c1-14-3-5-18(11-15(14)2)33(30,31)28-9-7-16(8-10-28)22(29)27-23-26-21(13-32-23)17-4-6-19(24)20(25)12-17/h3-6,11-13,16H,7-10H2,1-2H3,(H,26,27,29). The summed E-state index contributed by atoms with van der Waals surface area (Å²) in [5.41, 5.74) is 2.79. The molecule has 6 nitrogen and oxygen atoms in total. The molecule has 0 bridgehead atoms. The van der Waals surface area contributed by atoms with E-state index in [9.17, 15) is 22.0 Å². The number of aryl methyl sites for hydroxylation is 2. The topological polar surface area (TPSA) is 79.4 Å². The van der Waals surface area contributed by atoms with E-state index in [1.807, 2.05) is 13.8 Å². The van der Waals surface area contributed by atoms with Crippen molar-refractivity contribution >= 4 is 32.4 Å². The number of piperidine rings is 1. The Balaban J connectivity index is 1.37. The summed E-state index contributed by atoms with van der Waals surface area (Å²) in [6, 6.07) is 8.60. The summed E-state index contributed by atoms with van der Waals surface area (Å²) in [6.07, 6.45) is 0.800. The number of anilines is 1. The summed E-state index contributed by atoms with van der Waals surface area (Å²) in [5.74, 6) is -2.47. The molecule has 1 saturated heterocycles. The van der Waals surface area contributed by atoms with Crippen LogP contribution in [-0.4, -0.2) is 36.7 Å². The van der Waals surface area contributed by atoms with Crippen LogP contribution in [-0.2, 0) is 14.8 Å². The molecule has 1 amide bonds. The van der Waals surface area contributed by atoms with Crippen LogP contribution in [0.5, 0.6) is 0 Å². The predicted molar refractivity (Wildman–Crippen MR) is 123 cm³/mol. The minimum Gasteiger partial charge on any atom is -0.302 e. The smallest absolute Gasteiger partial charge is 0.243 e. The molecule has 2 heterocycles. The molecule has 1 aliphatic heterocycles. The van der Waals surface area contributed by atoms with E-state index >= 15 is 0 Å². The number of amides is 1. The number of carbonyl (C=O) groups excluding carboxylic acids is 1. The lowest BCUT2D eigenvalue weighted by Gasteiger charge is -2.30. The van der Waals surface area contributed by atoms with E-state index in [1.165, 1.54) is 21.7 Å². The van der Waals surface area contributed by atoms with E-state index in [0.29, 0.717) is 29.2 Å². The molecule has 1 fully saturated rings. The Bertz CT molecular complexity index is 1300. The zero-order valence-electron chi connectivity index (χ0n) is 18.1. The summed E-state index contributed by atoms with van der Waals surface area (Å²) in [5, 5.41) is 4.76. The fourth-order valence-corrected chi connectivity index (χ4v) is 5.99. The first-order chi connectivity index (χ1) is 15.6. The van der Waals surface area contributed by atoms with E-state index in [0.717, 1.165) is 23.3 Å². The fraction of sp³-hybridized carbons (Fsp3) is 0.304. The molecule has 174 valence electrons. The first-order valence-electron chi connectivity index (χ1n) is 10.4. The molecule has 0 unspecified atom stereocenters. The summed E-state index contributed by atoms with van der Waals surface area (Å²) in [4.78, 5) is 17.2. The van der Waals surface area contributed by atoms with E-state index in [-0.39, 0.29) is 29.8 Å². The highest BCUT2D eigenvalue weighted by molar-refractivity contribution is 7.89. The van der Waals surface area contributed by atoms with Gasteiger partial charge in [-0.15, -0.1) is 11.3 Å². The first kappa shape index (κ1) is 23.5. The summed E-state index contributed by atoms with van der Waals surface area (Å²) in [6.45, 7) is 4.32. The minimum absolute atomic E-state index is 0.232. The Kier molecular flexibility index (Phi) is 6.60. The van der Waals surface area contributed by atoms with Gasteiger partial charge >= 0.3 is 0 Å². The number of aromatic nitrogens is 1. The largest absolute Gasteiger partial charge is 0.302 e. The van der Waals surface area contributed by atoms with Crippen molar-refractivity contribution in [2.75, 3.05) is 18.4 Å². The zero-order valence-corrected chi connectivity index (χ0v) is 19.8. The van der Waals surface area contributed by atoms with Gasteiger partial charge in [-0.3, -0.25) is 4.79 Å². The average molecular weight is 492 g/mol. The van der Waals surface area contributed by atoms with E-state index in [1.54, 1.807) is 23.6 Å². The Morgan fingerprint density at radius 3 is 2.45 bits per heavy atom. The minimum atomic E-state index is -3.61. The number of sulfonamides is 1. The van der Waals surface area contributed by atoms with Gasteiger partial charge in [-0.05, 0) is 68.1 Å². The highest BCUT2D eigenvalue weighted by atomic mass is 32.2. The Morgan fingerprint density at radius 2 is 1.79 bits per heavy atom. The number of benzene rings is 2. The van der Waals surface area contributed by atoms with Gasteiger partial charge in [-0.1, -0.05) is 6.07 Å². The molecule has 4 rings (SSSR count). The number of thiazole rings is 1. The van der Waals surface area contributed by atoms with Crippen LogP contribution in [0.1, 0.15) is 24.0 Å². The van der Waals surface area contributed by atoms with Crippen LogP contribution in [0.3, 0.4) is 0 Å². The predicted octanol–water partition coefficient (Wildman–Crippen LogP) is 4.74. The van der Waals surface area contributed by atoms with Crippen molar-refractivity contribution < 1.29 is 22.0 Å². The normalized spacial score (nSPS) is 15.5. The van der Waals surface area contributed by atoms with Crippen molar-refractivity contribution in [3.05, 3.63) is 64.5 Å². The van der Waals surface area contributed by atoms with Crippen LogP contribution in [0.15, 0.2) is 46.7 Å². The molecule has 1 aliphatic rings. The molecule has 0 radical (unpaired) electrons. The van der Waals surface area contributed by atoms with Gasteiger partial charge in [0, 0.05) is 30.0 Å². The van der Waals surface area contributed by atoms with Crippen molar-refractivity contribution in [1.82, 2.24) is 9.29 Å². The molecule has 0 atom stereocenters. The number of carbonyl (C=O) groups is 1. The maximum Gasteiger partial charge on any atom is 0.243 e. The third kappa shape index (κ3) is 4.97. The second-order valence-corrected chi connectivity index (χ2v) is 10.9. The van der Waals surface area contributed by atoms with Crippen LogP contribution in [0, 0.1) is 31.4 Å². The van der Waals surface area contributed by atoms with Crippen LogP contribution < -0.4 is 5.32 Å². The Labute approximate surface area is 195 Å². The second kappa shape index (κ2) is 9.28. The third-order valence-corrected chi connectivity index (χ3v) is 8.54. The van der Waals surface area contributed by atoms with Crippen molar-refractivity contribution in [2.24, 2.45) is 5.92 Å². The van der Waals surface area contributed by atoms with Crippen molar-refractivity contribution in [2.45, 2.75) is 31.6 Å². The monoisotopic (exact) mass is 491 g/mol. The average Bonchev–Trinajstić information content (AvgIpc) is 3.26. The number of halogens is 2. The Hall–Kier alpha value is -2.69. The van der Waals surface area contributed by atoms with Crippen LogP contribution >= 0.6 is 11.3 Å². The van der Waals surface area contributed by atoms with Gasteiger partial charge in [0.15, 0.2) is 16.8 Å². The van der Waals surface area contributed by atoms with Gasteiger partial charge in [-0.25, -0.2) is 22.2 Å². The van der Waals surface area contributed by atoms with Crippen molar-refractivity contribution in [1.29, 1.82) is 0 Å². The molecule has 2 aromatic carbocycles. The molecular formula is C23H23F2N3O3S2. The summed E-state index contributed by atoms with van der Waals surface area (Å²) < 4.78 is 54.0. The van der Waals surface area contributed by atoms with Gasteiger partial charge in [0.05, 0.1) is 10.6 Å². The van der Waals surface area contributed by atoms with E-state index < -0.39 is 21.7 Å². The lowest BCUT2D eigenvalue weighted by Crippen LogP contribution is -2.41. The fourth-order valence-electron chi connectivity index (χ4n) is 3.71. The molecular weight excluding hydrogens is 468 g/mol. The van der Waals surface area contributed by atoms with Crippen LogP contribution in [0.4, 0.5) is 13.9 Å². The molecule has 1 N–H and O–H groups in total. The number of rotatable bonds is 5. The molecule has 3 aromatic rings. The molecule has 0 spiro atoms. The van der Waals surface area contributed by atoms with Gasteiger partial charge < -0.3 is 5.32 Å². The first-order valence-corrected chi connectivity index (χ1v) is 12.8. The van der Waals surface area contributed by atoms with E-state index in [2.05, 4.69) is 10.3 Å². The van der Waals surface area contributed by atoms with Crippen LogP contribution in [0.2, 0.25) is 0 Å². The number of nitrogens with one attached hydrogen (secondary N) is 1. The molecule has 0 saturated carbocycles. The summed E-state index contributed by atoms with van der Waals surface area (Å²) in [7, 11) is -3.61. The Morgan fingerprint density at radius 1 is 1.06 bits per heavy atom. The molecule has 33 heavy (non-hydrogen) atoms. The third-order valence-electron chi connectivity index (χ3n) is 5.89. The maximum absolute atomic E-state index is 13.5. The number of hydrogen-bond acceptors (Lipinski definition) is 5. The SMILES string of the molecule is Cc1ccc(S(=O)(=O)N2CCC(C(=O)Nc3nc(-c4ccc(F)c(F)c4)cs3)CC2)cc1C. The molecule has 10 heteroatoms. The van der Waals surface area contributed by atoms with E-state index in [4.69, 9.17) is 0 Å². The lowest BCUT2D eigenvalue weighted by atomic mass is 9.97. The van der Waals surface area contributed by atoms with Gasteiger partial charge in [0.1, 0.15) is 0 Å². The molecule has 0 aliphatic carbocycles. The van der Waals surface area contributed by atoms with Gasteiger partial charge in [0.2, 0.25) is 15.9 Å². The second-order valence-electron chi connectivity index (χ2n) is 8.08. The number of nitrogens with zero attached hydrogens (tertiary/aromatic N) is 2. The van der Waals surface area contributed by atoms with Crippen molar-refractivity contribution in [3.8, 4) is 11.3 Å². The number of hydrogen-bond donors (Lipinski definition) is 1. The molecule has 1 aromatic heterocycles. The lowest BCUT2D eigenvalue weighted by molar-refractivity contribution is -0.120. The summed E-state index contributed by atoms with van der Waals surface area (Å²) >= 11 is 1.19. The zero-order chi connectivity index (χ0) is 23.8. The van der Waals surface area contributed by atoms with Gasteiger partial charge in [0.25, 0.3) is 0 Å². The highest BCUT2D eigenvalue weighted by Gasteiger charge is 2.32. The van der Waals surface area contributed by atoms with Crippen LogP contribution in [0.25, 0.3) is 11.3 Å².